The molecule has 26 heavy (non-hydrogen) atoms. The van der Waals surface area contributed by atoms with Crippen LogP contribution in [0.15, 0.2) is 67.4 Å². The number of hydrogen-bond acceptors (Lipinski definition) is 2. The van der Waals surface area contributed by atoms with Crippen LogP contribution < -0.4 is 0 Å². The van der Waals surface area contributed by atoms with E-state index in [0.29, 0.717) is 0 Å². The summed E-state index contributed by atoms with van der Waals surface area (Å²) in [6.45, 7) is 20.3. The number of benzene rings is 2. The normalized spacial score (nSPS) is 10.7. The van der Waals surface area contributed by atoms with Crippen LogP contribution in [0.25, 0.3) is 5.57 Å². The maximum atomic E-state index is 9.22. The van der Waals surface area contributed by atoms with E-state index in [9.17, 15) is 5.11 Å². The van der Waals surface area contributed by atoms with Crippen LogP contribution in [0.2, 0.25) is 0 Å². The molecular formula is C24H32O2. The highest BCUT2D eigenvalue weighted by Crippen LogP contribution is 2.25. The van der Waals surface area contributed by atoms with Crippen molar-refractivity contribution in [3.63, 3.8) is 0 Å². The largest absolute Gasteiger partial charge is 0.508 e. The van der Waals surface area contributed by atoms with Crippen molar-refractivity contribution in [3.05, 3.63) is 84.1 Å². The van der Waals surface area contributed by atoms with Gasteiger partial charge in [0.2, 0.25) is 0 Å². The summed E-state index contributed by atoms with van der Waals surface area (Å²) in [7, 11) is 0. The maximum Gasteiger partial charge on any atom is 0.115 e. The molecule has 0 aliphatic heterocycles. The van der Waals surface area contributed by atoms with Gasteiger partial charge >= 0.3 is 0 Å². The molecule has 0 saturated carbocycles. The van der Waals surface area contributed by atoms with Gasteiger partial charge in [0.05, 0.1) is 11.9 Å². The van der Waals surface area contributed by atoms with Gasteiger partial charge in [-0.05, 0) is 49.6 Å². The zero-order valence-corrected chi connectivity index (χ0v) is 17.0. The van der Waals surface area contributed by atoms with E-state index in [2.05, 4.69) is 65.1 Å². The van der Waals surface area contributed by atoms with E-state index < -0.39 is 0 Å². The zero-order chi connectivity index (χ0) is 19.9. The quantitative estimate of drug-likeness (QED) is 0.618. The van der Waals surface area contributed by atoms with E-state index in [1.807, 2.05) is 26.0 Å². The minimum atomic E-state index is 0.0737. The first-order valence-electron chi connectivity index (χ1n) is 8.92. The number of phenolic OH excluding ortho intramolecular Hbond substituents is 1. The van der Waals surface area contributed by atoms with Crippen LogP contribution in [-0.4, -0.2) is 11.2 Å². The van der Waals surface area contributed by atoms with Gasteiger partial charge in [-0.2, -0.15) is 0 Å². The van der Waals surface area contributed by atoms with E-state index >= 15 is 0 Å². The Morgan fingerprint density at radius 1 is 0.885 bits per heavy atom. The second kappa shape index (κ2) is 9.28. The molecule has 0 fully saturated rings. The third kappa shape index (κ3) is 7.18. The predicted molar refractivity (Wildman–Crippen MR) is 112 cm³/mol. The Bertz CT molecular complexity index is 667. The van der Waals surface area contributed by atoms with Gasteiger partial charge in [-0.15, -0.1) is 0 Å². The Hall–Kier alpha value is -2.48. The first kappa shape index (κ1) is 21.6. The number of ether oxygens (including phenoxy) is 1. The molecule has 2 rings (SSSR count). The van der Waals surface area contributed by atoms with Crippen LogP contribution in [0.1, 0.15) is 51.3 Å². The highest BCUT2D eigenvalue weighted by molar-refractivity contribution is 5.78. The van der Waals surface area contributed by atoms with E-state index in [1.54, 1.807) is 12.1 Å². The molecule has 1 N–H and O–H groups in total. The van der Waals surface area contributed by atoms with Crippen LogP contribution in [0.5, 0.6) is 5.75 Å². The van der Waals surface area contributed by atoms with Gasteiger partial charge in [0, 0.05) is 5.41 Å². The molecule has 0 aromatic heterocycles. The molecule has 2 heteroatoms. The molecule has 0 saturated heterocycles. The standard InChI is InChI=1S/C15H14O.C9H18O/c1-11-3-5-13(6-4-11)12(2)14-7-9-15(16)10-8-14;1-7(2)10-8(3)9(4,5)6/h3-10,16H,2H2,1H3;7H,3H2,1-2,4-6H3. The lowest BCUT2D eigenvalue weighted by Crippen LogP contribution is -2.14. The average Bonchev–Trinajstić information content (AvgIpc) is 2.55. The predicted octanol–water partition coefficient (Wildman–Crippen LogP) is 6.73. The molecule has 0 unspecified atom stereocenters. The first-order valence-corrected chi connectivity index (χ1v) is 8.92. The Labute approximate surface area is 158 Å². The summed E-state index contributed by atoms with van der Waals surface area (Å²) in [5.74, 6) is 1.14. The number of allylic oxidation sites excluding steroid dienone is 1. The van der Waals surface area contributed by atoms with Crippen molar-refractivity contribution in [2.45, 2.75) is 47.6 Å². The highest BCUT2D eigenvalue weighted by atomic mass is 16.5. The van der Waals surface area contributed by atoms with Gasteiger partial charge in [0.25, 0.3) is 0 Å². The number of aromatic hydroxyl groups is 1. The second-order valence-corrected chi connectivity index (χ2v) is 7.73. The van der Waals surface area contributed by atoms with Crippen molar-refractivity contribution in [2.24, 2.45) is 5.41 Å². The van der Waals surface area contributed by atoms with E-state index in [4.69, 9.17) is 4.74 Å². The zero-order valence-electron chi connectivity index (χ0n) is 17.0. The van der Waals surface area contributed by atoms with Crippen LogP contribution in [0.3, 0.4) is 0 Å². The van der Waals surface area contributed by atoms with Crippen molar-refractivity contribution in [2.75, 3.05) is 0 Å². The Morgan fingerprint density at radius 2 is 1.31 bits per heavy atom. The summed E-state index contributed by atoms with van der Waals surface area (Å²) in [6, 6.07) is 15.4. The second-order valence-electron chi connectivity index (χ2n) is 7.73. The van der Waals surface area contributed by atoms with Crippen LogP contribution in [0, 0.1) is 12.3 Å². The molecule has 0 amide bonds. The topological polar surface area (TPSA) is 29.5 Å². The van der Waals surface area contributed by atoms with Crippen LogP contribution in [0.4, 0.5) is 0 Å². The summed E-state index contributed by atoms with van der Waals surface area (Å²) in [4.78, 5) is 0. The summed E-state index contributed by atoms with van der Waals surface area (Å²) >= 11 is 0. The molecule has 0 atom stereocenters. The summed E-state index contributed by atoms with van der Waals surface area (Å²) in [5, 5.41) is 9.22. The van der Waals surface area contributed by atoms with Gasteiger partial charge in [-0.3, -0.25) is 0 Å². The van der Waals surface area contributed by atoms with Crippen molar-refractivity contribution in [3.8, 4) is 5.75 Å². The lowest BCUT2D eigenvalue weighted by Gasteiger charge is -2.23. The van der Waals surface area contributed by atoms with E-state index in [0.717, 1.165) is 22.5 Å². The van der Waals surface area contributed by atoms with Crippen molar-refractivity contribution in [1.29, 1.82) is 0 Å². The molecule has 2 aromatic rings. The minimum absolute atomic E-state index is 0.0737. The summed E-state index contributed by atoms with van der Waals surface area (Å²) in [5.41, 5.74) is 4.42. The molecule has 0 spiro atoms. The minimum Gasteiger partial charge on any atom is -0.508 e. The SMILES string of the molecule is C=C(OC(C)C)C(C)(C)C.C=C(c1ccc(C)cc1)c1ccc(O)cc1. The third-order valence-corrected chi connectivity index (χ3v) is 3.83. The smallest absolute Gasteiger partial charge is 0.115 e. The highest BCUT2D eigenvalue weighted by Gasteiger charge is 2.16. The van der Waals surface area contributed by atoms with Gasteiger partial charge in [-0.1, -0.05) is 75.9 Å². The number of rotatable bonds is 4. The molecule has 0 bridgehead atoms. The lowest BCUT2D eigenvalue weighted by molar-refractivity contribution is 0.102. The number of phenols is 1. The summed E-state index contributed by atoms with van der Waals surface area (Å²) in [6.07, 6.45) is 0.242. The van der Waals surface area contributed by atoms with Gasteiger partial charge in [0.15, 0.2) is 0 Å². The van der Waals surface area contributed by atoms with Gasteiger partial charge in [0.1, 0.15) is 5.75 Å². The number of aryl methyl sites for hydroxylation is 1. The van der Waals surface area contributed by atoms with Crippen molar-refractivity contribution in [1.82, 2.24) is 0 Å². The molecule has 0 aliphatic carbocycles. The van der Waals surface area contributed by atoms with Crippen molar-refractivity contribution < 1.29 is 9.84 Å². The third-order valence-electron chi connectivity index (χ3n) is 3.83. The fourth-order valence-corrected chi connectivity index (χ4v) is 2.05. The Morgan fingerprint density at radius 3 is 1.65 bits per heavy atom. The molecule has 2 aromatic carbocycles. The maximum absolute atomic E-state index is 9.22. The average molecular weight is 353 g/mol. The van der Waals surface area contributed by atoms with E-state index in [1.165, 1.54) is 5.56 Å². The Kier molecular flexibility index (Phi) is 7.70. The molecular weight excluding hydrogens is 320 g/mol. The van der Waals surface area contributed by atoms with Crippen LogP contribution in [-0.2, 0) is 4.74 Å². The lowest BCUT2D eigenvalue weighted by atomic mass is 9.95. The first-order chi connectivity index (χ1) is 12.0. The monoisotopic (exact) mass is 352 g/mol. The fraction of sp³-hybridized carbons (Fsp3) is 0.333. The molecule has 2 nitrogen and oxygen atoms in total. The van der Waals surface area contributed by atoms with Gasteiger partial charge < -0.3 is 9.84 Å². The molecule has 0 radical (unpaired) electrons. The molecule has 0 heterocycles. The Balaban J connectivity index is 0.000000294. The fourth-order valence-electron chi connectivity index (χ4n) is 2.05. The molecule has 0 aliphatic rings. The van der Waals surface area contributed by atoms with Crippen LogP contribution >= 0.6 is 0 Å². The summed E-state index contributed by atoms with van der Waals surface area (Å²) < 4.78 is 5.42. The molecule has 140 valence electrons. The van der Waals surface area contributed by atoms with E-state index in [-0.39, 0.29) is 17.3 Å². The van der Waals surface area contributed by atoms with Gasteiger partial charge in [-0.25, -0.2) is 0 Å². The number of hydrogen-bond donors (Lipinski definition) is 1. The van der Waals surface area contributed by atoms with Crippen molar-refractivity contribution >= 4 is 5.57 Å².